The van der Waals surface area contributed by atoms with Gasteiger partial charge >= 0.3 is 0 Å². The Bertz CT molecular complexity index is 1220. The summed E-state index contributed by atoms with van der Waals surface area (Å²) in [7, 11) is -3.64. The second-order valence-electron chi connectivity index (χ2n) is 6.67. The lowest BCUT2D eigenvalue weighted by molar-refractivity contribution is 0.0730. The molecule has 2 aromatic carbocycles. The number of nitrogens with zero attached hydrogens (tertiary/aromatic N) is 4. The zero-order chi connectivity index (χ0) is 21.1. The van der Waals surface area contributed by atoms with E-state index in [0.717, 1.165) is 10.2 Å². The number of aromatic nitrogens is 1. The Morgan fingerprint density at radius 3 is 2.77 bits per heavy atom. The van der Waals surface area contributed by atoms with E-state index in [2.05, 4.69) is 21.6 Å². The molecule has 1 aromatic heterocycles. The van der Waals surface area contributed by atoms with E-state index in [-0.39, 0.29) is 10.6 Å². The highest BCUT2D eigenvalue weighted by Crippen LogP contribution is 2.25. The fourth-order valence-corrected chi connectivity index (χ4v) is 5.65. The molecule has 3 aromatic rings. The number of anilines is 1. The number of nitriles is 1. The zero-order valence-electron chi connectivity index (χ0n) is 16.2. The van der Waals surface area contributed by atoms with E-state index in [0.29, 0.717) is 42.6 Å². The molecule has 1 saturated heterocycles. The van der Waals surface area contributed by atoms with Crippen molar-refractivity contribution in [1.82, 2.24) is 9.29 Å². The third-order valence-electron chi connectivity index (χ3n) is 4.68. The molecule has 0 aliphatic carbocycles. The van der Waals surface area contributed by atoms with Gasteiger partial charge in [-0.2, -0.15) is 14.7 Å². The molecule has 0 atom stereocenters. The molecule has 1 fully saturated rings. The molecule has 0 amide bonds. The van der Waals surface area contributed by atoms with Crippen molar-refractivity contribution < 1.29 is 13.2 Å². The van der Waals surface area contributed by atoms with Crippen LogP contribution in [0.1, 0.15) is 10.6 Å². The van der Waals surface area contributed by atoms with Crippen molar-refractivity contribution >= 4 is 43.0 Å². The number of fused-ring (bicyclic) bond motifs is 1. The number of hydrazone groups is 1. The van der Waals surface area contributed by atoms with E-state index in [1.165, 1.54) is 21.7 Å². The molecule has 30 heavy (non-hydrogen) atoms. The molecule has 0 unspecified atom stereocenters. The van der Waals surface area contributed by atoms with E-state index in [1.807, 2.05) is 24.3 Å². The molecule has 1 N–H and O–H groups in total. The average molecular weight is 442 g/mol. The quantitative estimate of drug-likeness (QED) is 0.482. The third-order valence-corrected chi connectivity index (χ3v) is 7.76. The molecular weight excluding hydrogens is 422 g/mol. The fraction of sp³-hybridized carbons (Fsp3) is 0.250. The summed E-state index contributed by atoms with van der Waals surface area (Å²) in [4.78, 5) is 4.65. The van der Waals surface area contributed by atoms with Crippen molar-refractivity contribution in [2.75, 3.05) is 31.7 Å². The average Bonchev–Trinajstić information content (AvgIpc) is 3.19. The molecular formula is C20H19N5O3S2. The van der Waals surface area contributed by atoms with Gasteiger partial charge in [0.25, 0.3) is 0 Å². The molecule has 2 heterocycles. The van der Waals surface area contributed by atoms with Gasteiger partial charge in [-0.1, -0.05) is 18.2 Å². The smallest absolute Gasteiger partial charge is 0.243 e. The minimum absolute atomic E-state index is 0.134. The van der Waals surface area contributed by atoms with Crippen molar-refractivity contribution in [2.45, 2.75) is 11.8 Å². The standard InChI is InChI=1S/C20H19N5O3S2/c1-14-6-7-15(12-19(14)30(26,27)25-8-10-28-11-9-25)23-24-17(13-21)20-22-16-4-2-3-5-18(16)29-20/h2-7,12,23H,8-11H2,1H3. The molecule has 0 radical (unpaired) electrons. The van der Waals surface area contributed by atoms with Crippen molar-refractivity contribution in [2.24, 2.45) is 5.10 Å². The Labute approximate surface area is 178 Å². The minimum Gasteiger partial charge on any atom is -0.379 e. The lowest BCUT2D eigenvalue weighted by Gasteiger charge is -2.26. The fourth-order valence-electron chi connectivity index (χ4n) is 3.09. The number of thiazole rings is 1. The van der Waals surface area contributed by atoms with Crippen LogP contribution in [-0.4, -0.2) is 49.7 Å². The number of ether oxygens (including phenoxy) is 1. The number of hydrogen-bond donors (Lipinski definition) is 1. The maximum Gasteiger partial charge on any atom is 0.243 e. The van der Waals surface area contributed by atoms with Crippen molar-refractivity contribution in [3.63, 3.8) is 0 Å². The summed E-state index contributed by atoms with van der Waals surface area (Å²) in [6.45, 7) is 3.17. The minimum atomic E-state index is -3.64. The summed E-state index contributed by atoms with van der Waals surface area (Å²) in [6.07, 6.45) is 0. The number of para-hydroxylation sites is 1. The van der Waals surface area contributed by atoms with E-state index >= 15 is 0 Å². The molecule has 0 bridgehead atoms. The second-order valence-corrected chi connectivity index (χ2v) is 9.60. The largest absolute Gasteiger partial charge is 0.379 e. The SMILES string of the molecule is Cc1ccc(NN=C(C#N)c2nc3ccccc3s2)cc1S(=O)(=O)N1CCOCC1. The zero-order valence-corrected chi connectivity index (χ0v) is 17.8. The summed E-state index contributed by atoms with van der Waals surface area (Å²) in [6, 6.07) is 14.6. The molecule has 154 valence electrons. The number of rotatable bonds is 5. The van der Waals surface area contributed by atoms with Crippen LogP contribution >= 0.6 is 11.3 Å². The first-order chi connectivity index (χ1) is 14.5. The number of aryl methyl sites for hydroxylation is 1. The van der Waals surface area contributed by atoms with E-state index in [9.17, 15) is 13.7 Å². The molecule has 10 heteroatoms. The van der Waals surface area contributed by atoms with Crippen LogP contribution in [0, 0.1) is 18.3 Å². The Morgan fingerprint density at radius 2 is 2.03 bits per heavy atom. The maximum atomic E-state index is 13.0. The molecule has 1 aliphatic rings. The van der Waals surface area contributed by atoms with Gasteiger partial charge in [-0.25, -0.2) is 13.4 Å². The Morgan fingerprint density at radius 1 is 1.27 bits per heavy atom. The van der Waals surface area contributed by atoms with Crippen LogP contribution in [-0.2, 0) is 14.8 Å². The van der Waals surface area contributed by atoms with Gasteiger partial charge in [0, 0.05) is 13.1 Å². The van der Waals surface area contributed by atoms with Crippen molar-refractivity contribution in [1.29, 1.82) is 5.26 Å². The predicted octanol–water partition coefficient (Wildman–Crippen LogP) is 2.97. The Kier molecular flexibility index (Phi) is 5.78. The van der Waals surface area contributed by atoms with Gasteiger partial charge < -0.3 is 4.74 Å². The topological polar surface area (TPSA) is 108 Å². The van der Waals surface area contributed by atoms with Crippen molar-refractivity contribution in [3.05, 3.63) is 53.0 Å². The number of sulfonamides is 1. The highest BCUT2D eigenvalue weighted by Gasteiger charge is 2.28. The van der Waals surface area contributed by atoms with Gasteiger partial charge in [0.05, 0.1) is 34.0 Å². The lowest BCUT2D eigenvalue weighted by Crippen LogP contribution is -2.40. The predicted molar refractivity (Wildman–Crippen MR) is 116 cm³/mol. The lowest BCUT2D eigenvalue weighted by atomic mass is 10.2. The summed E-state index contributed by atoms with van der Waals surface area (Å²) >= 11 is 1.37. The molecule has 4 rings (SSSR count). The van der Waals surface area contributed by atoms with Crippen LogP contribution in [0.4, 0.5) is 5.69 Å². The number of nitrogens with one attached hydrogen (secondary N) is 1. The second kappa shape index (κ2) is 8.49. The van der Waals surface area contributed by atoms with Gasteiger partial charge in [-0.05, 0) is 36.8 Å². The van der Waals surface area contributed by atoms with E-state index in [4.69, 9.17) is 4.74 Å². The van der Waals surface area contributed by atoms with Crippen LogP contribution in [0.15, 0.2) is 52.5 Å². The summed E-state index contributed by atoms with van der Waals surface area (Å²) < 4.78 is 33.7. The van der Waals surface area contributed by atoms with Gasteiger partial charge in [0.1, 0.15) is 6.07 Å². The van der Waals surface area contributed by atoms with Gasteiger partial charge in [0.2, 0.25) is 10.0 Å². The molecule has 8 nitrogen and oxygen atoms in total. The highest BCUT2D eigenvalue weighted by molar-refractivity contribution is 7.89. The van der Waals surface area contributed by atoms with E-state index < -0.39 is 10.0 Å². The Balaban J connectivity index is 1.61. The van der Waals surface area contributed by atoms with E-state index in [1.54, 1.807) is 19.1 Å². The number of morpholine rings is 1. The first kappa shape index (κ1) is 20.4. The first-order valence-corrected chi connectivity index (χ1v) is 11.5. The molecule has 0 spiro atoms. The van der Waals surface area contributed by atoms with Crippen LogP contribution in [0.25, 0.3) is 10.2 Å². The van der Waals surface area contributed by atoms with Crippen LogP contribution < -0.4 is 5.43 Å². The monoisotopic (exact) mass is 441 g/mol. The Hall–Kier alpha value is -2.84. The number of hydrogen-bond acceptors (Lipinski definition) is 8. The van der Waals surface area contributed by atoms with Crippen LogP contribution in [0.3, 0.4) is 0 Å². The highest BCUT2D eigenvalue weighted by atomic mass is 32.2. The molecule has 1 aliphatic heterocycles. The maximum absolute atomic E-state index is 13.0. The van der Waals surface area contributed by atoms with Gasteiger partial charge in [-0.15, -0.1) is 11.3 Å². The summed E-state index contributed by atoms with van der Waals surface area (Å²) in [5, 5.41) is 14.2. The summed E-state index contributed by atoms with van der Waals surface area (Å²) in [5.41, 5.74) is 4.85. The van der Waals surface area contributed by atoms with Gasteiger partial charge in [-0.3, -0.25) is 5.43 Å². The third kappa shape index (κ3) is 4.06. The van der Waals surface area contributed by atoms with Crippen molar-refractivity contribution in [3.8, 4) is 6.07 Å². The van der Waals surface area contributed by atoms with Gasteiger partial charge in [0.15, 0.2) is 10.7 Å². The molecule has 0 saturated carbocycles. The van der Waals surface area contributed by atoms with Crippen LogP contribution in [0.5, 0.6) is 0 Å². The van der Waals surface area contributed by atoms with Crippen LogP contribution in [0.2, 0.25) is 0 Å². The normalized spacial score (nSPS) is 15.8. The summed E-state index contributed by atoms with van der Waals surface area (Å²) in [5.74, 6) is 0. The number of benzene rings is 2. The first-order valence-electron chi connectivity index (χ1n) is 9.27.